The Morgan fingerprint density at radius 1 is 1.44 bits per heavy atom. The summed E-state index contributed by atoms with van der Waals surface area (Å²) in [4.78, 5) is 22.7. The second-order valence-corrected chi connectivity index (χ2v) is 4.70. The van der Waals surface area contributed by atoms with Crippen LogP contribution in [0, 0.1) is 0 Å². The highest BCUT2D eigenvalue weighted by atomic mass is 35.5. The van der Waals surface area contributed by atoms with Crippen molar-refractivity contribution in [2.75, 3.05) is 5.32 Å². The molecule has 0 saturated carbocycles. The minimum Gasteiger partial charge on any atom is -0.478 e. The number of nitrogens with one attached hydrogen (secondary N) is 1. The van der Waals surface area contributed by atoms with E-state index in [-0.39, 0.29) is 11.5 Å². The summed E-state index contributed by atoms with van der Waals surface area (Å²) in [6.07, 6.45) is 0. The molecule has 0 aromatic heterocycles. The number of fused-ring (bicyclic) bond motifs is 1. The van der Waals surface area contributed by atoms with Gasteiger partial charge in [-0.2, -0.15) is 0 Å². The number of carbonyl (C=O) groups excluding carboxylic acids is 1. The summed E-state index contributed by atoms with van der Waals surface area (Å²) in [7, 11) is 0. The van der Waals surface area contributed by atoms with Crippen molar-refractivity contribution in [1.82, 2.24) is 0 Å². The molecule has 0 atom stereocenters. The molecule has 0 saturated heterocycles. The van der Waals surface area contributed by atoms with Crippen LogP contribution in [0.2, 0.25) is 5.02 Å². The van der Waals surface area contributed by atoms with Gasteiger partial charge in [-0.05, 0) is 31.5 Å². The van der Waals surface area contributed by atoms with Gasteiger partial charge in [0, 0.05) is 5.02 Å². The van der Waals surface area contributed by atoms with E-state index in [1.165, 1.54) is 6.07 Å². The summed E-state index contributed by atoms with van der Waals surface area (Å²) in [5.74, 6) is -1.32. The van der Waals surface area contributed by atoms with Gasteiger partial charge in [-0.15, -0.1) is 0 Å². The molecule has 16 heavy (non-hydrogen) atoms. The monoisotopic (exact) mass is 239 g/mol. The smallest absolute Gasteiger partial charge is 0.337 e. The highest BCUT2D eigenvalue weighted by molar-refractivity contribution is 6.31. The number of halogens is 1. The third-order valence-corrected chi connectivity index (χ3v) is 3.03. The van der Waals surface area contributed by atoms with Crippen LogP contribution in [0.25, 0.3) is 0 Å². The van der Waals surface area contributed by atoms with Gasteiger partial charge in [-0.1, -0.05) is 11.6 Å². The molecule has 1 aromatic carbocycles. The lowest BCUT2D eigenvalue weighted by atomic mass is 9.85. The van der Waals surface area contributed by atoms with Crippen molar-refractivity contribution in [2.45, 2.75) is 19.3 Å². The van der Waals surface area contributed by atoms with Gasteiger partial charge in [0.05, 0.1) is 16.7 Å². The molecule has 4 nitrogen and oxygen atoms in total. The van der Waals surface area contributed by atoms with E-state index in [1.54, 1.807) is 19.9 Å². The Balaban J connectivity index is 2.74. The van der Waals surface area contributed by atoms with Crippen molar-refractivity contribution in [3.63, 3.8) is 0 Å². The molecule has 1 aliphatic rings. The zero-order valence-corrected chi connectivity index (χ0v) is 9.55. The normalized spacial score (nSPS) is 16.8. The van der Waals surface area contributed by atoms with Crippen LogP contribution in [0.1, 0.15) is 29.8 Å². The Hall–Kier alpha value is -1.55. The molecule has 0 bridgehead atoms. The van der Waals surface area contributed by atoms with Crippen molar-refractivity contribution < 1.29 is 14.7 Å². The predicted molar refractivity (Wildman–Crippen MR) is 60.1 cm³/mol. The Morgan fingerprint density at radius 2 is 2.06 bits per heavy atom. The zero-order chi connectivity index (χ0) is 12.1. The highest BCUT2D eigenvalue weighted by Gasteiger charge is 2.40. The number of carbonyl (C=O) groups is 2. The first-order chi connectivity index (χ1) is 7.34. The van der Waals surface area contributed by atoms with Crippen LogP contribution < -0.4 is 5.32 Å². The molecule has 2 N–H and O–H groups in total. The summed E-state index contributed by atoms with van der Waals surface area (Å²) < 4.78 is 0. The lowest BCUT2D eigenvalue weighted by Crippen LogP contribution is -2.26. The van der Waals surface area contributed by atoms with E-state index in [0.29, 0.717) is 16.3 Å². The first-order valence-electron chi connectivity index (χ1n) is 4.73. The lowest BCUT2D eigenvalue weighted by molar-refractivity contribution is -0.119. The molecule has 5 heteroatoms. The summed E-state index contributed by atoms with van der Waals surface area (Å²) in [5, 5.41) is 11.9. The summed E-state index contributed by atoms with van der Waals surface area (Å²) in [5.41, 5.74) is 0.264. The number of amides is 1. The van der Waals surface area contributed by atoms with Crippen molar-refractivity contribution >= 4 is 29.2 Å². The van der Waals surface area contributed by atoms with Crippen molar-refractivity contribution in [1.29, 1.82) is 0 Å². The molecule has 0 spiro atoms. The first kappa shape index (κ1) is 11.0. The first-order valence-corrected chi connectivity index (χ1v) is 5.10. The number of anilines is 1. The van der Waals surface area contributed by atoms with Gasteiger partial charge in [-0.3, -0.25) is 4.79 Å². The maximum Gasteiger partial charge on any atom is 0.337 e. The molecular formula is C11H10ClNO3. The van der Waals surface area contributed by atoms with Crippen molar-refractivity contribution in [3.05, 3.63) is 28.3 Å². The second-order valence-electron chi connectivity index (χ2n) is 4.26. The van der Waals surface area contributed by atoms with Crippen LogP contribution in [0.15, 0.2) is 12.1 Å². The maximum absolute atomic E-state index is 11.7. The zero-order valence-electron chi connectivity index (χ0n) is 8.80. The predicted octanol–water partition coefficient (Wildman–Crippen LogP) is 2.27. The molecule has 1 aromatic rings. The number of hydrogen-bond acceptors (Lipinski definition) is 2. The number of aromatic carboxylic acids is 1. The molecule has 1 amide bonds. The maximum atomic E-state index is 11.7. The van der Waals surface area contributed by atoms with Gasteiger partial charge >= 0.3 is 5.97 Å². The fourth-order valence-electron chi connectivity index (χ4n) is 1.80. The van der Waals surface area contributed by atoms with Crippen molar-refractivity contribution in [2.24, 2.45) is 0 Å². The molecule has 84 valence electrons. The van der Waals surface area contributed by atoms with Crippen LogP contribution in [-0.4, -0.2) is 17.0 Å². The molecule has 1 aliphatic heterocycles. The van der Waals surface area contributed by atoms with E-state index in [4.69, 9.17) is 16.7 Å². The average molecular weight is 240 g/mol. The topological polar surface area (TPSA) is 66.4 Å². The largest absolute Gasteiger partial charge is 0.478 e. The molecule has 1 heterocycles. The van der Waals surface area contributed by atoms with Crippen LogP contribution in [0.4, 0.5) is 5.69 Å². The fraction of sp³-hybridized carbons (Fsp3) is 0.273. The second kappa shape index (κ2) is 3.22. The number of carboxylic acid groups (broad SMARTS) is 1. The molecule has 2 rings (SSSR count). The Kier molecular flexibility index (Phi) is 2.20. The number of hydrogen-bond donors (Lipinski definition) is 2. The van der Waals surface area contributed by atoms with E-state index in [2.05, 4.69) is 5.32 Å². The van der Waals surface area contributed by atoms with E-state index < -0.39 is 11.4 Å². The third-order valence-electron chi connectivity index (χ3n) is 2.81. The van der Waals surface area contributed by atoms with Gasteiger partial charge in [0.15, 0.2) is 0 Å². The van der Waals surface area contributed by atoms with Gasteiger partial charge in [0.2, 0.25) is 5.91 Å². The fourth-order valence-corrected chi connectivity index (χ4v) is 2.01. The van der Waals surface area contributed by atoms with Crippen LogP contribution >= 0.6 is 11.6 Å². The molecule has 0 fully saturated rings. The van der Waals surface area contributed by atoms with Gasteiger partial charge < -0.3 is 10.4 Å². The van der Waals surface area contributed by atoms with E-state index >= 15 is 0 Å². The van der Waals surface area contributed by atoms with Crippen molar-refractivity contribution in [3.8, 4) is 0 Å². The van der Waals surface area contributed by atoms with Crippen LogP contribution in [0.3, 0.4) is 0 Å². The average Bonchev–Trinajstić information content (AvgIpc) is 2.39. The van der Waals surface area contributed by atoms with Crippen LogP contribution in [0.5, 0.6) is 0 Å². The Labute approximate surface area is 97.2 Å². The minimum atomic E-state index is -1.10. The third kappa shape index (κ3) is 1.38. The quantitative estimate of drug-likeness (QED) is 0.790. The SMILES string of the molecule is CC1(C)C(=O)Nc2c(C(=O)O)cc(Cl)cc21. The summed E-state index contributed by atoms with van der Waals surface area (Å²) >= 11 is 5.85. The molecular weight excluding hydrogens is 230 g/mol. The Morgan fingerprint density at radius 3 is 2.62 bits per heavy atom. The molecule has 0 aliphatic carbocycles. The van der Waals surface area contributed by atoms with E-state index in [9.17, 15) is 9.59 Å². The van der Waals surface area contributed by atoms with Gasteiger partial charge in [0.25, 0.3) is 0 Å². The molecule has 0 radical (unpaired) electrons. The minimum absolute atomic E-state index is 0.0291. The number of benzene rings is 1. The van der Waals surface area contributed by atoms with Gasteiger partial charge in [0.1, 0.15) is 0 Å². The molecule has 0 unspecified atom stereocenters. The Bertz CT molecular complexity index is 508. The number of rotatable bonds is 1. The summed E-state index contributed by atoms with van der Waals surface area (Å²) in [6, 6.07) is 2.96. The lowest BCUT2D eigenvalue weighted by Gasteiger charge is -2.15. The summed E-state index contributed by atoms with van der Waals surface area (Å²) in [6.45, 7) is 3.46. The highest BCUT2D eigenvalue weighted by Crippen LogP contribution is 2.41. The standard InChI is InChI=1S/C11H10ClNO3/c1-11(2)7-4-5(12)3-6(9(14)15)8(7)13-10(11)16/h3-4H,1-2H3,(H,13,16)(H,14,15). The van der Waals surface area contributed by atoms with Gasteiger partial charge in [-0.25, -0.2) is 4.79 Å². The van der Waals surface area contributed by atoms with E-state index in [0.717, 1.165) is 0 Å². The van der Waals surface area contributed by atoms with Crippen LogP contribution in [-0.2, 0) is 10.2 Å². The number of carboxylic acids is 1. The van der Waals surface area contributed by atoms with E-state index in [1.807, 2.05) is 0 Å².